The average Bonchev–Trinajstić information content (AvgIpc) is 3.61. The summed E-state index contributed by atoms with van der Waals surface area (Å²) in [5.74, 6) is 0. The molecule has 2 N–H and O–H groups in total. The fourth-order valence-corrected chi connectivity index (χ4v) is 8.13. The molecular weight excluding hydrogens is 531 g/mol. The summed E-state index contributed by atoms with van der Waals surface area (Å²) in [5, 5.41) is 13.1. The minimum absolute atomic E-state index is 0.0368. The molecule has 0 spiro atoms. The molecule has 2 aromatic heterocycles. The summed E-state index contributed by atoms with van der Waals surface area (Å²) in [7, 11) is 0. The highest BCUT2D eigenvalue weighted by Crippen LogP contribution is 2.47. The number of rotatable bonds is 3. The van der Waals surface area contributed by atoms with Gasteiger partial charge < -0.3 is 15.2 Å². The van der Waals surface area contributed by atoms with Gasteiger partial charge in [-0.15, -0.1) is 11.3 Å². The number of benzene rings is 6. The topological polar surface area (TPSA) is 29.0 Å². The maximum Gasteiger partial charge on any atom is 0.129 e. The van der Waals surface area contributed by atoms with Crippen molar-refractivity contribution in [3.63, 3.8) is 0 Å². The van der Waals surface area contributed by atoms with E-state index in [1.54, 1.807) is 0 Å². The van der Waals surface area contributed by atoms with Crippen LogP contribution in [-0.2, 0) is 0 Å². The Bertz CT molecular complexity index is 2280. The number of para-hydroxylation sites is 3. The molecule has 9 rings (SSSR count). The van der Waals surface area contributed by atoms with Gasteiger partial charge in [-0.1, -0.05) is 109 Å². The lowest BCUT2D eigenvalue weighted by Gasteiger charge is -2.38. The predicted octanol–water partition coefficient (Wildman–Crippen LogP) is 10.6. The van der Waals surface area contributed by atoms with Crippen LogP contribution in [0.4, 0.5) is 11.4 Å². The molecule has 3 heterocycles. The SMILES string of the molecule is c1ccc(C2Nc3ccccc3NC2n2c3ccccc3c3c(-c4cccc5c4sc4ccccc45)cccc32)cc1. The van der Waals surface area contributed by atoms with Crippen molar-refractivity contribution in [1.29, 1.82) is 0 Å². The number of anilines is 2. The predicted molar refractivity (Wildman–Crippen MR) is 180 cm³/mol. The van der Waals surface area contributed by atoms with E-state index >= 15 is 0 Å². The highest BCUT2D eigenvalue weighted by molar-refractivity contribution is 7.26. The van der Waals surface area contributed by atoms with Gasteiger partial charge in [-0.2, -0.15) is 0 Å². The molecule has 0 radical (unpaired) electrons. The van der Waals surface area contributed by atoms with Gasteiger partial charge in [0.1, 0.15) is 6.17 Å². The summed E-state index contributed by atoms with van der Waals surface area (Å²) in [6.45, 7) is 0. The van der Waals surface area contributed by atoms with Crippen LogP contribution < -0.4 is 10.6 Å². The van der Waals surface area contributed by atoms with Crippen LogP contribution in [0.15, 0.2) is 140 Å². The van der Waals surface area contributed by atoms with Crippen LogP contribution in [0.5, 0.6) is 0 Å². The van der Waals surface area contributed by atoms with E-state index in [1.165, 1.54) is 58.7 Å². The molecule has 1 aliphatic heterocycles. The van der Waals surface area contributed by atoms with E-state index in [9.17, 15) is 0 Å². The number of hydrogen-bond acceptors (Lipinski definition) is 3. The molecule has 0 aliphatic carbocycles. The van der Waals surface area contributed by atoms with Gasteiger partial charge in [0, 0.05) is 36.5 Å². The molecule has 4 heteroatoms. The zero-order valence-corrected chi connectivity index (χ0v) is 23.6. The fraction of sp³-hybridized carbons (Fsp3) is 0.0526. The van der Waals surface area contributed by atoms with E-state index < -0.39 is 0 Å². The Morgan fingerprint density at radius 3 is 2.02 bits per heavy atom. The molecule has 0 saturated carbocycles. The first-order valence-electron chi connectivity index (χ1n) is 14.4. The highest BCUT2D eigenvalue weighted by atomic mass is 32.1. The first-order chi connectivity index (χ1) is 20.8. The van der Waals surface area contributed by atoms with E-state index in [2.05, 4.69) is 155 Å². The van der Waals surface area contributed by atoms with E-state index in [0.29, 0.717) is 0 Å². The lowest BCUT2D eigenvalue weighted by molar-refractivity contribution is 0.506. The molecule has 0 amide bonds. The average molecular weight is 558 g/mol. The molecule has 8 aromatic rings. The van der Waals surface area contributed by atoms with Crippen molar-refractivity contribution >= 4 is 64.7 Å². The Hall–Kier alpha value is -5.06. The third-order valence-corrected chi connectivity index (χ3v) is 9.94. The maximum absolute atomic E-state index is 3.94. The third kappa shape index (κ3) is 3.45. The Balaban J connectivity index is 1.33. The lowest BCUT2D eigenvalue weighted by Crippen LogP contribution is -2.34. The zero-order valence-electron chi connectivity index (χ0n) is 22.8. The van der Waals surface area contributed by atoms with Gasteiger partial charge in [-0.05, 0) is 41.5 Å². The molecule has 2 atom stereocenters. The quantitative estimate of drug-likeness (QED) is 0.226. The van der Waals surface area contributed by atoms with Crippen LogP contribution in [0.25, 0.3) is 53.1 Å². The Morgan fingerprint density at radius 2 is 1.14 bits per heavy atom. The summed E-state index contributed by atoms with van der Waals surface area (Å²) in [6.07, 6.45) is -0.0416. The van der Waals surface area contributed by atoms with E-state index in [0.717, 1.165) is 11.4 Å². The number of thiophene rings is 1. The number of aromatic nitrogens is 1. The molecule has 2 unspecified atom stereocenters. The number of hydrogen-bond donors (Lipinski definition) is 2. The Labute approximate surface area is 247 Å². The van der Waals surface area contributed by atoms with Gasteiger partial charge in [0.15, 0.2) is 0 Å². The minimum atomic E-state index is -0.0416. The molecule has 0 bridgehead atoms. The van der Waals surface area contributed by atoms with Crippen LogP contribution in [0.2, 0.25) is 0 Å². The molecule has 42 heavy (non-hydrogen) atoms. The van der Waals surface area contributed by atoms with Crippen molar-refractivity contribution in [2.45, 2.75) is 12.2 Å². The van der Waals surface area contributed by atoms with Gasteiger partial charge in [0.05, 0.1) is 28.5 Å². The smallest absolute Gasteiger partial charge is 0.129 e. The molecule has 200 valence electrons. The van der Waals surface area contributed by atoms with Crippen LogP contribution in [-0.4, -0.2) is 4.57 Å². The van der Waals surface area contributed by atoms with Crippen LogP contribution in [0.1, 0.15) is 17.8 Å². The number of fused-ring (bicyclic) bond motifs is 7. The second kappa shape index (κ2) is 9.23. The standard InChI is InChI=1S/C38H27N3S/c1-2-12-24(13-3-1)36-38(40-31-20-7-6-19-30(31)39-36)41-32-21-8-4-15-29(32)35-26(16-11-22-33(35)41)28-18-10-17-27-25-14-5-9-23-34(25)42-37(27)28/h1-23,36,38-40H. The van der Waals surface area contributed by atoms with Gasteiger partial charge >= 0.3 is 0 Å². The van der Waals surface area contributed by atoms with Gasteiger partial charge in [-0.25, -0.2) is 0 Å². The maximum atomic E-state index is 3.94. The van der Waals surface area contributed by atoms with Crippen molar-refractivity contribution in [3.05, 3.63) is 145 Å². The van der Waals surface area contributed by atoms with Gasteiger partial charge in [-0.3, -0.25) is 0 Å². The molecule has 3 nitrogen and oxygen atoms in total. The normalized spacial score (nSPS) is 16.5. The van der Waals surface area contributed by atoms with Gasteiger partial charge in [0.25, 0.3) is 0 Å². The summed E-state index contributed by atoms with van der Waals surface area (Å²) in [6, 6.07) is 50.6. The fourth-order valence-electron chi connectivity index (χ4n) is 6.90. The Kier molecular flexibility index (Phi) is 5.19. The summed E-state index contributed by atoms with van der Waals surface area (Å²) in [4.78, 5) is 0. The summed E-state index contributed by atoms with van der Waals surface area (Å²) >= 11 is 1.89. The van der Waals surface area contributed by atoms with Crippen LogP contribution in [0, 0.1) is 0 Å². The first-order valence-corrected chi connectivity index (χ1v) is 15.3. The zero-order chi connectivity index (χ0) is 27.6. The summed E-state index contributed by atoms with van der Waals surface area (Å²) in [5.41, 5.74) is 8.52. The van der Waals surface area contributed by atoms with Gasteiger partial charge in [0.2, 0.25) is 0 Å². The van der Waals surface area contributed by atoms with E-state index in [-0.39, 0.29) is 12.2 Å². The minimum Gasteiger partial charge on any atom is -0.373 e. The Morgan fingerprint density at radius 1 is 0.500 bits per heavy atom. The second-order valence-corrected chi connectivity index (χ2v) is 12.1. The first kappa shape index (κ1) is 23.6. The van der Waals surface area contributed by atoms with E-state index in [4.69, 9.17) is 0 Å². The summed E-state index contributed by atoms with van der Waals surface area (Å²) < 4.78 is 5.19. The monoisotopic (exact) mass is 557 g/mol. The molecule has 1 aliphatic rings. The number of nitrogens with zero attached hydrogens (tertiary/aromatic N) is 1. The second-order valence-electron chi connectivity index (χ2n) is 11.0. The van der Waals surface area contributed by atoms with Crippen molar-refractivity contribution < 1.29 is 0 Å². The van der Waals surface area contributed by atoms with Crippen LogP contribution >= 0.6 is 11.3 Å². The lowest BCUT2D eigenvalue weighted by atomic mass is 9.97. The highest BCUT2D eigenvalue weighted by Gasteiger charge is 2.32. The largest absolute Gasteiger partial charge is 0.373 e. The number of nitrogens with one attached hydrogen (secondary N) is 2. The third-order valence-electron chi connectivity index (χ3n) is 8.72. The molecular formula is C38H27N3S. The molecule has 0 fully saturated rings. The van der Waals surface area contributed by atoms with Crippen molar-refractivity contribution in [2.24, 2.45) is 0 Å². The molecule has 6 aromatic carbocycles. The van der Waals surface area contributed by atoms with Crippen molar-refractivity contribution in [3.8, 4) is 11.1 Å². The van der Waals surface area contributed by atoms with E-state index in [1.807, 2.05) is 11.3 Å². The van der Waals surface area contributed by atoms with Crippen molar-refractivity contribution in [2.75, 3.05) is 10.6 Å². The molecule has 0 saturated heterocycles. The van der Waals surface area contributed by atoms with Crippen LogP contribution in [0.3, 0.4) is 0 Å². The van der Waals surface area contributed by atoms with Crippen molar-refractivity contribution in [1.82, 2.24) is 4.57 Å².